The van der Waals surface area contributed by atoms with E-state index in [0.29, 0.717) is 25.7 Å². The molecule has 9 nitrogen and oxygen atoms in total. The molecule has 1 aliphatic heterocycles. The van der Waals surface area contributed by atoms with Gasteiger partial charge in [-0.3, -0.25) is 0 Å². The van der Waals surface area contributed by atoms with Crippen LogP contribution in [0.1, 0.15) is 83.1 Å². The van der Waals surface area contributed by atoms with Gasteiger partial charge in [-0.15, -0.1) is 0 Å². The molecule has 6 rings (SSSR count). The second kappa shape index (κ2) is 10.3. The van der Waals surface area contributed by atoms with Crippen LogP contribution in [0.25, 0.3) is 0 Å². The Morgan fingerprint density at radius 1 is 1.02 bits per heavy atom. The number of rotatable bonds is 5. The molecule has 0 radical (unpaired) electrons. The lowest BCUT2D eigenvalue weighted by atomic mass is 9.43. The predicted molar refractivity (Wildman–Crippen MR) is 143 cm³/mol. The monoisotopic (exact) mass is 560 g/mol. The highest BCUT2D eigenvalue weighted by Crippen LogP contribution is 2.70. The van der Waals surface area contributed by atoms with Gasteiger partial charge in [-0.2, -0.15) is 0 Å². The van der Waals surface area contributed by atoms with Crippen LogP contribution >= 0.6 is 0 Å². The van der Waals surface area contributed by atoms with Crippen molar-refractivity contribution in [3.8, 4) is 0 Å². The summed E-state index contributed by atoms with van der Waals surface area (Å²) in [7, 11) is 1.46. The Kier molecular flexibility index (Phi) is 7.32. The Morgan fingerprint density at radius 3 is 2.52 bits per heavy atom. The number of aliphatic hydroxyl groups is 3. The lowest BCUT2D eigenvalue weighted by molar-refractivity contribution is -0.312. The predicted octanol–water partition coefficient (Wildman–Crippen LogP) is 2.93. The molecule has 5 aliphatic rings. The van der Waals surface area contributed by atoms with Crippen LogP contribution in [0.4, 0.5) is 0 Å². The van der Waals surface area contributed by atoms with Crippen molar-refractivity contribution in [3.63, 3.8) is 0 Å². The molecule has 1 aromatic rings. The minimum Gasteiger partial charge on any atom is -0.431 e. The average molecular weight is 561 g/mol. The van der Waals surface area contributed by atoms with E-state index in [1.165, 1.54) is 19.5 Å². The quantitative estimate of drug-likeness (QED) is 0.367. The zero-order chi connectivity index (χ0) is 28.4. The fourth-order valence-corrected chi connectivity index (χ4v) is 9.91. The molecule has 9 heteroatoms. The second-order valence-corrected chi connectivity index (χ2v) is 13.5. The van der Waals surface area contributed by atoms with Crippen LogP contribution in [0.15, 0.2) is 27.6 Å². The van der Waals surface area contributed by atoms with E-state index in [2.05, 4.69) is 6.92 Å². The van der Waals surface area contributed by atoms with Gasteiger partial charge in [0, 0.05) is 24.0 Å². The lowest BCUT2D eigenvalue weighted by Crippen LogP contribution is -2.63. The molecule has 4 aliphatic carbocycles. The van der Waals surface area contributed by atoms with Crippen LogP contribution in [0.3, 0.4) is 0 Å². The summed E-state index contributed by atoms with van der Waals surface area (Å²) in [5.41, 5.74) is -1.12. The van der Waals surface area contributed by atoms with Crippen LogP contribution in [0, 0.1) is 28.6 Å². The number of aliphatic hydroxyl groups excluding tert-OH is 2. The van der Waals surface area contributed by atoms with E-state index in [-0.39, 0.29) is 40.8 Å². The minimum absolute atomic E-state index is 0.0409. The number of fused-ring (bicyclic) bond motifs is 5. The molecule has 40 heavy (non-hydrogen) atoms. The maximum Gasteiger partial charge on any atom is 0.335 e. The number of hydrogen-bond acceptors (Lipinski definition) is 9. The maximum absolute atomic E-state index is 13.0. The van der Waals surface area contributed by atoms with Crippen LogP contribution < -0.4 is 5.63 Å². The van der Waals surface area contributed by atoms with Crippen LogP contribution in [-0.2, 0) is 19.0 Å². The Bertz CT molecular complexity index is 1130. The first-order chi connectivity index (χ1) is 19.1. The van der Waals surface area contributed by atoms with Crippen molar-refractivity contribution < 1.29 is 38.7 Å². The summed E-state index contributed by atoms with van der Waals surface area (Å²) in [6.45, 7) is 3.93. The van der Waals surface area contributed by atoms with Crippen molar-refractivity contribution in [1.82, 2.24) is 0 Å². The van der Waals surface area contributed by atoms with Gasteiger partial charge in [0.05, 0.1) is 24.1 Å². The fraction of sp³-hybridized carbons (Fsp3) is 0.806. The topological polar surface area (TPSA) is 136 Å². The first kappa shape index (κ1) is 28.5. The van der Waals surface area contributed by atoms with E-state index in [1.54, 1.807) is 13.2 Å². The molecule has 0 aromatic carbocycles. The molecule has 0 unspecified atom stereocenters. The van der Waals surface area contributed by atoms with Crippen LogP contribution in [0.5, 0.6) is 0 Å². The molecule has 1 aromatic heterocycles. The van der Waals surface area contributed by atoms with Gasteiger partial charge < -0.3 is 38.7 Å². The number of aldehydes is 1. The Hall–Kier alpha value is -1.62. The molecule has 0 spiro atoms. The molecule has 4 saturated carbocycles. The smallest absolute Gasteiger partial charge is 0.335 e. The Labute approximate surface area is 235 Å². The zero-order valence-electron chi connectivity index (χ0n) is 23.7. The number of ether oxygens (including phenoxy) is 3. The third-order valence-electron chi connectivity index (χ3n) is 12.1. The second-order valence-electron chi connectivity index (χ2n) is 13.5. The summed E-state index contributed by atoms with van der Waals surface area (Å²) in [4.78, 5) is 24.6. The summed E-state index contributed by atoms with van der Waals surface area (Å²) >= 11 is 0. The highest BCUT2D eigenvalue weighted by Gasteiger charge is 2.68. The third-order valence-corrected chi connectivity index (χ3v) is 12.1. The first-order valence-electron chi connectivity index (χ1n) is 15.1. The highest BCUT2D eigenvalue weighted by atomic mass is 16.7. The van der Waals surface area contributed by atoms with Gasteiger partial charge in [0.25, 0.3) is 0 Å². The Morgan fingerprint density at radius 2 is 1.82 bits per heavy atom. The van der Waals surface area contributed by atoms with E-state index in [4.69, 9.17) is 18.6 Å². The van der Waals surface area contributed by atoms with Gasteiger partial charge in [-0.25, -0.2) is 4.79 Å². The van der Waals surface area contributed by atoms with Gasteiger partial charge in [0.2, 0.25) is 0 Å². The average Bonchev–Trinajstić information content (AvgIpc) is 3.23. The molecular formula is C31H44O9. The summed E-state index contributed by atoms with van der Waals surface area (Å²) in [5.74, 6) is 0.398. The van der Waals surface area contributed by atoms with E-state index in [0.717, 1.165) is 37.7 Å². The van der Waals surface area contributed by atoms with Crippen LogP contribution in [-0.4, -0.2) is 71.1 Å². The highest BCUT2D eigenvalue weighted by molar-refractivity contribution is 5.62. The standard InChI is InChI=1S/C31H44O9/c1-17-25(34)27(37-3)26(35)28(39-17)40-20-8-12-30(16-32)19(14-20)5-6-23-22(30)9-11-29(2)21(10-13-31(23,29)36)18-4-7-24(33)38-15-18/h4,7,15-17,19-23,25-28,34-36H,5-6,8-14H2,1-3H3/t17-,19-,20-,21+,22+,23+,25+,26+,27+,28+,29+,30+,31-/m0/s1. The van der Waals surface area contributed by atoms with E-state index in [1.807, 2.05) is 6.07 Å². The van der Waals surface area contributed by atoms with Crippen molar-refractivity contribution in [2.75, 3.05) is 7.11 Å². The third kappa shape index (κ3) is 4.10. The summed E-state index contributed by atoms with van der Waals surface area (Å²) in [6, 6.07) is 3.30. The van der Waals surface area contributed by atoms with Gasteiger partial charge in [0.1, 0.15) is 24.6 Å². The minimum atomic E-state index is -1.11. The maximum atomic E-state index is 13.0. The van der Waals surface area contributed by atoms with Crippen molar-refractivity contribution >= 4 is 6.29 Å². The fourth-order valence-electron chi connectivity index (χ4n) is 9.91. The van der Waals surface area contributed by atoms with Crippen LogP contribution in [0.2, 0.25) is 0 Å². The van der Waals surface area contributed by atoms with Gasteiger partial charge in [-0.1, -0.05) is 6.92 Å². The molecule has 0 bridgehead atoms. The van der Waals surface area contributed by atoms with Gasteiger partial charge >= 0.3 is 5.63 Å². The zero-order valence-corrected chi connectivity index (χ0v) is 23.7. The van der Waals surface area contributed by atoms with E-state index in [9.17, 15) is 24.9 Å². The van der Waals surface area contributed by atoms with Crippen molar-refractivity contribution in [3.05, 3.63) is 34.4 Å². The van der Waals surface area contributed by atoms with Crippen molar-refractivity contribution in [2.45, 2.75) is 120 Å². The van der Waals surface area contributed by atoms with Crippen molar-refractivity contribution in [2.24, 2.45) is 28.6 Å². The largest absolute Gasteiger partial charge is 0.431 e. The number of methoxy groups -OCH3 is 1. The van der Waals surface area contributed by atoms with Crippen molar-refractivity contribution in [1.29, 1.82) is 0 Å². The summed E-state index contributed by atoms with van der Waals surface area (Å²) in [6.07, 6.45) is 5.26. The number of hydrogen-bond donors (Lipinski definition) is 3. The summed E-state index contributed by atoms with van der Waals surface area (Å²) in [5, 5.41) is 33.5. The SMILES string of the molecule is CO[C@H]1[C@@H](O)[C@@H](O[C@H]2CC[C@@]3(C=O)[C@@H](CC[C@@H]4[C@H]3CC[C@]3(C)[C@@H](c5ccc(=O)oc5)CC[C@]43O)C2)O[C@@H](C)[C@H]1O. The van der Waals surface area contributed by atoms with E-state index >= 15 is 0 Å². The first-order valence-corrected chi connectivity index (χ1v) is 15.1. The molecule has 0 amide bonds. The molecule has 1 saturated heterocycles. The van der Waals surface area contributed by atoms with Gasteiger partial charge in [-0.05, 0) is 100 Å². The molecule has 3 N–H and O–H groups in total. The Balaban J connectivity index is 1.19. The van der Waals surface area contributed by atoms with E-state index < -0.39 is 41.7 Å². The lowest BCUT2D eigenvalue weighted by Gasteiger charge is -2.63. The summed E-state index contributed by atoms with van der Waals surface area (Å²) < 4.78 is 22.6. The molecule has 5 fully saturated rings. The molecule has 222 valence electrons. The molecular weight excluding hydrogens is 516 g/mol. The molecule has 2 heterocycles. The number of carbonyl (C=O) groups excluding carboxylic acids is 1. The number of carbonyl (C=O) groups is 1. The van der Waals surface area contributed by atoms with Gasteiger partial charge in [0.15, 0.2) is 6.29 Å². The molecule has 13 atom stereocenters. The normalized spacial score (nSPS) is 50.5.